The van der Waals surface area contributed by atoms with Gasteiger partial charge in [-0.25, -0.2) is 0 Å². The zero-order valence-electron chi connectivity index (χ0n) is 12.3. The van der Waals surface area contributed by atoms with Crippen molar-refractivity contribution in [2.24, 2.45) is 0 Å². The zero-order valence-corrected chi connectivity index (χ0v) is 12.3. The molecule has 0 amide bonds. The van der Waals surface area contributed by atoms with Crippen molar-refractivity contribution in [3.8, 4) is 5.75 Å². The second kappa shape index (κ2) is 7.51. The standard InChI is InChI=1S/C16H20O6/c1-21-12-6-3-10(4-7-12)2-5-11(17)8-14-16(20)15(19)13(18)9-22-14/h2-7,13-16,18-20H,8-9H2,1H3/b5-2+/t13-,14+,15+,16+/m1/s1. The fourth-order valence-electron chi connectivity index (χ4n) is 2.22. The molecule has 3 N–H and O–H groups in total. The van der Waals surface area contributed by atoms with E-state index in [-0.39, 0.29) is 18.8 Å². The van der Waals surface area contributed by atoms with Gasteiger partial charge in [-0.2, -0.15) is 0 Å². The molecule has 0 bridgehead atoms. The number of hydrogen-bond acceptors (Lipinski definition) is 6. The van der Waals surface area contributed by atoms with E-state index >= 15 is 0 Å². The second-order valence-corrected chi connectivity index (χ2v) is 5.20. The van der Waals surface area contributed by atoms with Gasteiger partial charge in [-0.15, -0.1) is 0 Å². The number of benzene rings is 1. The average Bonchev–Trinajstić information content (AvgIpc) is 2.54. The summed E-state index contributed by atoms with van der Waals surface area (Å²) in [6, 6.07) is 7.20. The van der Waals surface area contributed by atoms with Gasteiger partial charge in [0.05, 0.1) is 19.8 Å². The Hall–Kier alpha value is -1.73. The van der Waals surface area contributed by atoms with Crippen molar-refractivity contribution in [3.05, 3.63) is 35.9 Å². The first kappa shape index (κ1) is 16.6. The smallest absolute Gasteiger partial charge is 0.158 e. The van der Waals surface area contributed by atoms with Gasteiger partial charge in [-0.1, -0.05) is 18.2 Å². The Kier molecular flexibility index (Phi) is 5.68. The molecule has 1 aromatic rings. The third-order valence-electron chi connectivity index (χ3n) is 3.59. The second-order valence-electron chi connectivity index (χ2n) is 5.20. The first-order valence-electron chi connectivity index (χ1n) is 7.02. The van der Waals surface area contributed by atoms with Gasteiger partial charge in [0.15, 0.2) is 5.78 Å². The minimum atomic E-state index is -1.29. The lowest BCUT2D eigenvalue weighted by atomic mass is 9.96. The maximum absolute atomic E-state index is 11.9. The van der Waals surface area contributed by atoms with Crippen molar-refractivity contribution in [2.45, 2.75) is 30.8 Å². The molecule has 1 aromatic carbocycles. The summed E-state index contributed by atoms with van der Waals surface area (Å²) in [4.78, 5) is 11.9. The van der Waals surface area contributed by atoms with E-state index in [1.165, 1.54) is 6.08 Å². The lowest BCUT2D eigenvalue weighted by Crippen LogP contribution is -2.53. The lowest BCUT2D eigenvalue weighted by molar-refractivity contribution is -0.188. The number of carbonyl (C=O) groups is 1. The molecule has 0 aliphatic carbocycles. The number of rotatable bonds is 5. The monoisotopic (exact) mass is 308 g/mol. The molecule has 0 unspecified atom stereocenters. The van der Waals surface area contributed by atoms with Crippen LogP contribution in [0.5, 0.6) is 5.75 Å². The molecular weight excluding hydrogens is 288 g/mol. The summed E-state index contributed by atoms with van der Waals surface area (Å²) in [6.45, 7) is -0.0988. The topological polar surface area (TPSA) is 96.2 Å². The minimum absolute atomic E-state index is 0.0579. The Morgan fingerprint density at radius 1 is 1.27 bits per heavy atom. The molecule has 1 aliphatic rings. The normalized spacial score (nSPS) is 28.7. The van der Waals surface area contributed by atoms with Crippen LogP contribution in [-0.2, 0) is 9.53 Å². The van der Waals surface area contributed by atoms with Crippen molar-refractivity contribution in [1.29, 1.82) is 0 Å². The van der Waals surface area contributed by atoms with Crippen LogP contribution < -0.4 is 4.74 Å². The molecule has 120 valence electrons. The van der Waals surface area contributed by atoms with Gasteiger partial charge in [-0.3, -0.25) is 4.79 Å². The van der Waals surface area contributed by atoms with Crippen LogP contribution in [0.25, 0.3) is 6.08 Å². The van der Waals surface area contributed by atoms with Gasteiger partial charge < -0.3 is 24.8 Å². The molecule has 6 nitrogen and oxygen atoms in total. The maximum atomic E-state index is 11.9. The molecule has 0 saturated carbocycles. The average molecular weight is 308 g/mol. The first-order valence-corrected chi connectivity index (χ1v) is 7.02. The molecule has 1 aliphatic heterocycles. The summed E-state index contributed by atoms with van der Waals surface area (Å²) in [6.07, 6.45) is -1.52. The predicted molar refractivity (Wildman–Crippen MR) is 79.4 cm³/mol. The largest absolute Gasteiger partial charge is 0.497 e. The minimum Gasteiger partial charge on any atom is -0.497 e. The van der Waals surface area contributed by atoms with E-state index in [1.807, 2.05) is 12.1 Å². The Balaban J connectivity index is 1.90. The number of aliphatic hydroxyl groups is 3. The summed E-state index contributed by atoms with van der Waals surface area (Å²) in [5.41, 5.74) is 0.842. The zero-order chi connectivity index (χ0) is 16.1. The van der Waals surface area contributed by atoms with Gasteiger partial charge in [0.2, 0.25) is 0 Å². The van der Waals surface area contributed by atoms with Crippen LogP contribution >= 0.6 is 0 Å². The number of aliphatic hydroxyl groups excluding tert-OH is 3. The van der Waals surface area contributed by atoms with Crippen LogP contribution in [0.15, 0.2) is 30.3 Å². The van der Waals surface area contributed by atoms with E-state index in [4.69, 9.17) is 9.47 Å². The molecule has 22 heavy (non-hydrogen) atoms. The van der Waals surface area contributed by atoms with Crippen molar-refractivity contribution in [3.63, 3.8) is 0 Å². The molecule has 1 saturated heterocycles. The molecule has 0 spiro atoms. The summed E-state index contributed by atoms with van der Waals surface area (Å²) in [7, 11) is 1.58. The fourth-order valence-corrected chi connectivity index (χ4v) is 2.22. The van der Waals surface area contributed by atoms with E-state index in [1.54, 1.807) is 25.3 Å². The van der Waals surface area contributed by atoms with Gasteiger partial charge in [0.1, 0.15) is 24.1 Å². The van der Waals surface area contributed by atoms with Gasteiger partial charge in [-0.05, 0) is 23.8 Å². The highest BCUT2D eigenvalue weighted by Crippen LogP contribution is 2.19. The Morgan fingerprint density at radius 2 is 1.95 bits per heavy atom. The molecule has 1 fully saturated rings. The molecule has 6 heteroatoms. The molecule has 2 rings (SSSR count). The van der Waals surface area contributed by atoms with Gasteiger partial charge in [0.25, 0.3) is 0 Å². The number of carbonyl (C=O) groups excluding carboxylic acids is 1. The Labute approximate surface area is 128 Å². The molecular formula is C16H20O6. The van der Waals surface area contributed by atoms with Crippen molar-refractivity contribution >= 4 is 11.9 Å². The summed E-state index contributed by atoms with van der Waals surface area (Å²) in [5.74, 6) is 0.498. The van der Waals surface area contributed by atoms with Crippen molar-refractivity contribution in [2.75, 3.05) is 13.7 Å². The van der Waals surface area contributed by atoms with Crippen molar-refractivity contribution < 1.29 is 29.6 Å². The Bertz CT molecular complexity index is 524. The van der Waals surface area contributed by atoms with E-state index in [0.29, 0.717) is 0 Å². The van der Waals surface area contributed by atoms with Crippen LogP contribution in [0.3, 0.4) is 0 Å². The quantitative estimate of drug-likeness (QED) is 0.670. The van der Waals surface area contributed by atoms with E-state index in [2.05, 4.69) is 0 Å². The van der Waals surface area contributed by atoms with E-state index in [0.717, 1.165) is 11.3 Å². The van der Waals surface area contributed by atoms with Crippen molar-refractivity contribution in [1.82, 2.24) is 0 Å². The number of methoxy groups -OCH3 is 1. The van der Waals surface area contributed by atoms with Crippen LogP contribution in [0.2, 0.25) is 0 Å². The van der Waals surface area contributed by atoms with Crippen LogP contribution in [0.4, 0.5) is 0 Å². The van der Waals surface area contributed by atoms with Crippen LogP contribution in [0.1, 0.15) is 12.0 Å². The predicted octanol–water partition coefficient (Wildman–Crippen LogP) is 0.149. The lowest BCUT2D eigenvalue weighted by Gasteiger charge is -2.34. The first-order chi connectivity index (χ1) is 10.5. The van der Waals surface area contributed by atoms with Gasteiger partial charge >= 0.3 is 0 Å². The molecule has 0 aromatic heterocycles. The Morgan fingerprint density at radius 3 is 2.59 bits per heavy atom. The third-order valence-corrected chi connectivity index (χ3v) is 3.59. The number of allylic oxidation sites excluding steroid dienone is 1. The summed E-state index contributed by atoms with van der Waals surface area (Å²) >= 11 is 0. The summed E-state index contributed by atoms with van der Waals surface area (Å²) in [5, 5.41) is 28.7. The SMILES string of the molecule is COc1ccc(/C=C/C(=O)C[C@@H]2OC[C@@H](O)[C@H](O)[C@H]2O)cc1. The highest BCUT2D eigenvalue weighted by molar-refractivity contribution is 5.93. The number of ether oxygens (including phenoxy) is 2. The number of hydrogen-bond donors (Lipinski definition) is 3. The van der Waals surface area contributed by atoms with E-state index in [9.17, 15) is 20.1 Å². The molecule has 1 heterocycles. The van der Waals surface area contributed by atoms with E-state index < -0.39 is 24.4 Å². The highest BCUT2D eigenvalue weighted by atomic mass is 16.5. The highest BCUT2D eigenvalue weighted by Gasteiger charge is 2.37. The van der Waals surface area contributed by atoms with Crippen LogP contribution in [-0.4, -0.2) is 59.2 Å². The molecule has 4 atom stereocenters. The molecule has 0 radical (unpaired) electrons. The summed E-state index contributed by atoms with van der Waals surface area (Å²) < 4.78 is 10.2. The third kappa shape index (κ3) is 4.14. The van der Waals surface area contributed by atoms with Crippen LogP contribution in [0, 0.1) is 0 Å². The fraction of sp³-hybridized carbons (Fsp3) is 0.438. The maximum Gasteiger partial charge on any atom is 0.158 e. The number of ketones is 1. The van der Waals surface area contributed by atoms with Gasteiger partial charge in [0, 0.05) is 6.42 Å².